The third-order valence-electron chi connectivity index (χ3n) is 4.52. The molecule has 2 atom stereocenters. The quantitative estimate of drug-likeness (QED) is 0.845. The van der Waals surface area contributed by atoms with Crippen LogP contribution in [0, 0.1) is 5.92 Å². The molecule has 130 valence electrons. The molecule has 1 fully saturated rings. The Morgan fingerprint density at radius 3 is 3.17 bits per heavy atom. The normalized spacial score (nSPS) is 20.9. The molecule has 6 heteroatoms. The minimum Gasteiger partial charge on any atom is -0.481 e. The van der Waals surface area contributed by atoms with Gasteiger partial charge in [-0.25, -0.2) is 4.98 Å². The van der Waals surface area contributed by atoms with Gasteiger partial charge in [0.15, 0.2) is 0 Å². The van der Waals surface area contributed by atoms with Gasteiger partial charge in [0.1, 0.15) is 0 Å². The number of aryl methyl sites for hydroxylation is 1. The molecule has 0 spiro atoms. The van der Waals surface area contributed by atoms with Crippen LogP contribution in [-0.2, 0) is 17.8 Å². The summed E-state index contributed by atoms with van der Waals surface area (Å²) in [5.74, 6) is 1.14. The monoisotopic (exact) mass is 330 g/mol. The van der Waals surface area contributed by atoms with Gasteiger partial charge in [-0.2, -0.15) is 5.10 Å². The second-order valence-electron chi connectivity index (χ2n) is 6.13. The molecule has 0 radical (unpaired) electrons. The predicted molar refractivity (Wildman–Crippen MR) is 91.8 cm³/mol. The Hall–Kier alpha value is -1.92. The third kappa shape index (κ3) is 3.94. The van der Waals surface area contributed by atoms with Crippen molar-refractivity contribution in [2.75, 3.05) is 20.3 Å². The Labute approximate surface area is 143 Å². The zero-order valence-corrected chi connectivity index (χ0v) is 14.4. The van der Waals surface area contributed by atoms with E-state index >= 15 is 0 Å². The number of hydrogen-bond donors (Lipinski definition) is 1. The van der Waals surface area contributed by atoms with E-state index in [1.165, 1.54) is 12.0 Å². The highest BCUT2D eigenvalue weighted by Crippen LogP contribution is 2.33. The molecule has 0 aromatic carbocycles. The summed E-state index contributed by atoms with van der Waals surface area (Å²) in [6.45, 7) is 5.46. The number of aromatic nitrogens is 3. The first kappa shape index (κ1) is 16.9. The van der Waals surface area contributed by atoms with E-state index in [0.29, 0.717) is 11.8 Å². The summed E-state index contributed by atoms with van der Waals surface area (Å²) >= 11 is 0. The van der Waals surface area contributed by atoms with Gasteiger partial charge < -0.3 is 14.8 Å². The van der Waals surface area contributed by atoms with Crippen molar-refractivity contribution in [2.24, 2.45) is 5.92 Å². The molecule has 0 saturated carbocycles. The molecular weight excluding hydrogens is 304 g/mol. The molecule has 0 amide bonds. The zero-order valence-electron chi connectivity index (χ0n) is 14.4. The van der Waals surface area contributed by atoms with E-state index in [0.717, 1.165) is 38.2 Å². The van der Waals surface area contributed by atoms with Crippen LogP contribution in [0.1, 0.15) is 37.0 Å². The summed E-state index contributed by atoms with van der Waals surface area (Å²) in [7, 11) is 1.65. The van der Waals surface area contributed by atoms with E-state index in [2.05, 4.69) is 28.5 Å². The second kappa shape index (κ2) is 8.26. The van der Waals surface area contributed by atoms with Crippen LogP contribution in [0.25, 0.3) is 0 Å². The van der Waals surface area contributed by atoms with Crippen LogP contribution in [0.3, 0.4) is 0 Å². The van der Waals surface area contributed by atoms with Crippen LogP contribution in [0.5, 0.6) is 5.88 Å². The van der Waals surface area contributed by atoms with Crippen LogP contribution in [-0.4, -0.2) is 35.0 Å². The Kier molecular flexibility index (Phi) is 5.82. The average Bonchev–Trinajstić information content (AvgIpc) is 3.11. The van der Waals surface area contributed by atoms with Crippen molar-refractivity contribution in [1.29, 1.82) is 0 Å². The van der Waals surface area contributed by atoms with Gasteiger partial charge in [0.2, 0.25) is 5.88 Å². The molecule has 1 saturated heterocycles. The van der Waals surface area contributed by atoms with E-state index in [-0.39, 0.29) is 6.10 Å². The first-order chi connectivity index (χ1) is 11.8. The zero-order chi connectivity index (χ0) is 16.8. The van der Waals surface area contributed by atoms with Gasteiger partial charge in [-0.1, -0.05) is 6.07 Å². The lowest BCUT2D eigenvalue weighted by molar-refractivity contribution is -0.0279. The molecule has 0 aliphatic carbocycles. The Balaban J connectivity index is 1.60. The Morgan fingerprint density at radius 1 is 1.46 bits per heavy atom. The molecule has 3 rings (SSSR count). The summed E-state index contributed by atoms with van der Waals surface area (Å²) < 4.78 is 13.3. The first-order valence-electron chi connectivity index (χ1n) is 8.64. The fourth-order valence-electron chi connectivity index (χ4n) is 3.25. The Bertz CT molecular complexity index is 643. The van der Waals surface area contributed by atoms with Crippen molar-refractivity contribution in [2.45, 2.75) is 39.0 Å². The largest absolute Gasteiger partial charge is 0.481 e. The van der Waals surface area contributed by atoms with Gasteiger partial charge in [-0.3, -0.25) is 4.68 Å². The van der Waals surface area contributed by atoms with Crippen LogP contribution >= 0.6 is 0 Å². The molecule has 2 aromatic rings. The van der Waals surface area contributed by atoms with E-state index in [9.17, 15) is 0 Å². The van der Waals surface area contributed by atoms with Gasteiger partial charge in [0.25, 0.3) is 0 Å². The molecule has 1 aliphatic heterocycles. The van der Waals surface area contributed by atoms with Crippen LogP contribution in [0.15, 0.2) is 30.7 Å². The lowest BCUT2D eigenvalue weighted by Crippen LogP contribution is -2.31. The molecule has 6 nitrogen and oxygen atoms in total. The number of nitrogens with zero attached hydrogens (tertiary/aromatic N) is 3. The molecule has 2 aromatic heterocycles. The summed E-state index contributed by atoms with van der Waals surface area (Å²) in [6.07, 6.45) is 8.20. The summed E-state index contributed by atoms with van der Waals surface area (Å²) in [4.78, 5) is 4.24. The van der Waals surface area contributed by atoms with Gasteiger partial charge in [-0.05, 0) is 25.8 Å². The van der Waals surface area contributed by atoms with Gasteiger partial charge in [0, 0.05) is 55.7 Å². The maximum atomic E-state index is 6.05. The van der Waals surface area contributed by atoms with E-state index < -0.39 is 0 Å². The van der Waals surface area contributed by atoms with E-state index in [1.54, 1.807) is 13.3 Å². The molecule has 1 N–H and O–H groups in total. The van der Waals surface area contributed by atoms with E-state index in [4.69, 9.17) is 9.47 Å². The van der Waals surface area contributed by atoms with Crippen molar-refractivity contribution >= 4 is 0 Å². The minimum absolute atomic E-state index is 0.127. The number of nitrogens with one attached hydrogen (secondary N) is 1. The second-order valence-corrected chi connectivity index (χ2v) is 6.13. The van der Waals surface area contributed by atoms with Gasteiger partial charge in [-0.15, -0.1) is 0 Å². The summed E-state index contributed by atoms with van der Waals surface area (Å²) in [6, 6.07) is 3.98. The SMILES string of the molecule is CCn1cc([C@@H]2OCCC[C@H]2CNCc2cccnc2OC)cn1. The highest BCUT2D eigenvalue weighted by molar-refractivity contribution is 5.25. The number of pyridine rings is 1. The molecule has 24 heavy (non-hydrogen) atoms. The lowest BCUT2D eigenvalue weighted by Gasteiger charge is -2.31. The van der Waals surface area contributed by atoms with Gasteiger partial charge in [0.05, 0.1) is 19.4 Å². The maximum Gasteiger partial charge on any atom is 0.217 e. The number of rotatable bonds is 7. The van der Waals surface area contributed by atoms with Crippen LogP contribution in [0.2, 0.25) is 0 Å². The topological polar surface area (TPSA) is 61.2 Å². The smallest absolute Gasteiger partial charge is 0.217 e. The summed E-state index contributed by atoms with van der Waals surface area (Å²) in [5.41, 5.74) is 2.26. The molecule has 0 bridgehead atoms. The standard InChI is InChI=1S/C18H26N4O2/c1-3-22-13-16(12-21-22)17-14(7-5-9-24-17)10-19-11-15-6-4-8-20-18(15)23-2/h4,6,8,12-14,17,19H,3,5,7,9-11H2,1-2H3/t14-,17+/m0/s1. The predicted octanol–water partition coefficient (Wildman–Crippen LogP) is 2.56. The lowest BCUT2D eigenvalue weighted by atomic mass is 9.91. The highest BCUT2D eigenvalue weighted by Gasteiger charge is 2.28. The maximum absolute atomic E-state index is 6.05. The molecule has 0 unspecified atom stereocenters. The third-order valence-corrected chi connectivity index (χ3v) is 4.52. The molecule has 1 aliphatic rings. The van der Waals surface area contributed by atoms with Gasteiger partial charge >= 0.3 is 0 Å². The van der Waals surface area contributed by atoms with Crippen molar-refractivity contribution < 1.29 is 9.47 Å². The number of hydrogen-bond acceptors (Lipinski definition) is 5. The van der Waals surface area contributed by atoms with Crippen molar-refractivity contribution in [3.8, 4) is 5.88 Å². The first-order valence-corrected chi connectivity index (χ1v) is 8.64. The summed E-state index contributed by atoms with van der Waals surface area (Å²) in [5, 5.41) is 7.93. The van der Waals surface area contributed by atoms with Crippen LogP contribution in [0.4, 0.5) is 0 Å². The minimum atomic E-state index is 0.127. The number of ether oxygens (including phenoxy) is 2. The molecule has 3 heterocycles. The fourth-order valence-corrected chi connectivity index (χ4v) is 3.25. The van der Waals surface area contributed by atoms with E-state index in [1.807, 2.05) is 23.0 Å². The van der Waals surface area contributed by atoms with Crippen molar-refractivity contribution in [1.82, 2.24) is 20.1 Å². The highest BCUT2D eigenvalue weighted by atomic mass is 16.5. The van der Waals surface area contributed by atoms with Crippen molar-refractivity contribution in [3.05, 3.63) is 41.9 Å². The average molecular weight is 330 g/mol. The molecular formula is C18H26N4O2. The van der Waals surface area contributed by atoms with Crippen molar-refractivity contribution in [3.63, 3.8) is 0 Å². The Morgan fingerprint density at radius 2 is 2.38 bits per heavy atom. The fraction of sp³-hybridized carbons (Fsp3) is 0.556. The number of methoxy groups -OCH3 is 1. The van der Waals surface area contributed by atoms with Crippen LogP contribution < -0.4 is 10.1 Å².